The minimum Gasteiger partial charge on any atom is -0.443 e. The number of ether oxygens (including phenoxy) is 1. The predicted octanol–water partition coefficient (Wildman–Crippen LogP) is 2.25. The molecule has 0 spiro atoms. The highest BCUT2D eigenvalue weighted by Crippen LogP contribution is 2.09. The molecule has 106 valence electrons. The summed E-state index contributed by atoms with van der Waals surface area (Å²) in [5.41, 5.74) is 0.400. The van der Waals surface area contributed by atoms with Crippen molar-refractivity contribution in [1.82, 2.24) is 5.32 Å². The number of aliphatic hydroxyl groups excluding tert-OH is 1. The number of carbonyl (C=O) groups is 1. The first-order chi connectivity index (χ1) is 8.80. The monoisotopic (exact) mass is 269 g/mol. The molecule has 1 aromatic rings. The molecule has 0 unspecified atom stereocenters. The molecular formula is C14H20FNO3. The Hall–Kier alpha value is -1.62. The summed E-state index contributed by atoms with van der Waals surface area (Å²) in [5.74, 6) is -0.323. The van der Waals surface area contributed by atoms with Gasteiger partial charge in [0, 0.05) is 12.0 Å². The Balaban J connectivity index is 2.54. The third-order valence-corrected chi connectivity index (χ3v) is 2.33. The third-order valence-electron chi connectivity index (χ3n) is 2.33. The molecule has 0 aliphatic heterocycles. The molecule has 1 amide bonds. The van der Waals surface area contributed by atoms with Gasteiger partial charge in [-0.2, -0.15) is 0 Å². The van der Waals surface area contributed by atoms with Gasteiger partial charge < -0.3 is 15.2 Å². The second kappa shape index (κ2) is 6.52. The van der Waals surface area contributed by atoms with Gasteiger partial charge in [0.05, 0.1) is 6.61 Å². The number of carbonyl (C=O) groups excluding carboxylic acids is 1. The zero-order chi connectivity index (χ0) is 14.5. The average molecular weight is 269 g/mol. The van der Waals surface area contributed by atoms with Crippen molar-refractivity contribution in [2.45, 2.75) is 38.8 Å². The van der Waals surface area contributed by atoms with Crippen molar-refractivity contribution in [2.75, 3.05) is 6.61 Å². The van der Waals surface area contributed by atoms with E-state index in [1.165, 1.54) is 12.1 Å². The molecule has 0 aliphatic rings. The summed E-state index contributed by atoms with van der Waals surface area (Å²) in [6.07, 6.45) is -0.879. The van der Waals surface area contributed by atoms with Crippen LogP contribution in [0.5, 0.6) is 0 Å². The van der Waals surface area contributed by atoms with Gasteiger partial charge in [-0.15, -0.1) is 0 Å². The Morgan fingerprint density at radius 1 is 1.37 bits per heavy atom. The maximum atomic E-state index is 12.8. The van der Waals surface area contributed by atoms with Crippen LogP contribution in [0.3, 0.4) is 0 Å². The minimum absolute atomic E-state index is 0.283. The summed E-state index contributed by atoms with van der Waals surface area (Å²) in [6, 6.07) is 5.87. The first kappa shape index (κ1) is 15.4. The Labute approximate surface area is 112 Å². The lowest BCUT2D eigenvalue weighted by Gasteiger charge is -2.22. The summed E-state index contributed by atoms with van der Waals surface area (Å²) in [5, 5.41) is 11.9. The number of amides is 1. The van der Waals surface area contributed by atoms with Gasteiger partial charge >= 0.3 is 6.09 Å². The number of nitrogens with one attached hydrogen (secondary N) is 1. The van der Waals surface area contributed by atoms with Gasteiger partial charge in [0.15, 0.2) is 0 Å². The van der Waals surface area contributed by atoms with Crippen molar-refractivity contribution in [3.05, 3.63) is 35.6 Å². The molecule has 0 radical (unpaired) electrons. The van der Waals surface area contributed by atoms with Crippen molar-refractivity contribution in [3.8, 4) is 0 Å². The van der Waals surface area contributed by atoms with Gasteiger partial charge in [-0.1, -0.05) is 12.1 Å². The van der Waals surface area contributed by atoms with Crippen LogP contribution in [-0.2, 0) is 11.2 Å². The van der Waals surface area contributed by atoms with E-state index in [0.717, 1.165) is 5.56 Å². The van der Waals surface area contributed by atoms with Crippen LogP contribution in [0.15, 0.2) is 24.3 Å². The highest BCUT2D eigenvalue weighted by Gasteiger charge is 2.19. The molecule has 1 aromatic carbocycles. The van der Waals surface area contributed by atoms with Crippen molar-refractivity contribution < 1.29 is 19.0 Å². The van der Waals surface area contributed by atoms with Crippen LogP contribution in [-0.4, -0.2) is 29.4 Å². The summed E-state index contributed by atoms with van der Waals surface area (Å²) in [6.45, 7) is 5.22. The van der Waals surface area contributed by atoms with Crippen LogP contribution in [0.25, 0.3) is 0 Å². The first-order valence-corrected chi connectivity index (χ1v) is 6.14. The average Bonchev–Trinajstić information content (AvgIpc) is 2.28. The molecule has 1 atom stereocenters. The van der Waals surface area contributed by atoms with E-state index in [1.807, 2.05) is 20.8 Å². The highest BCUT2D eigenvalue weighted by atomic mass is 19.1. The fourth-order valence-electron chi connectivity index (χ4n) is 1.51. The maximum Gasteiger partial charge on any atom is 0.407 e. The molecule has 19 heavy (non-hydrogen) atoms. The molecule has 5 heteroatoms. The van der Waals surface area contributed by atoms with Crippen molar-refractivity contribution >= 4 is 6.09 Å². The largest absolute Gasteiger partial charge is 0.443 e. The minimum atomic E-state index is -0.646. The number of halogens is 1. The van der Waals surface area contributed by atoms with E-state index < -0.39 is 17.7 Å². The number of hydrogen-bond acceptors (Lipinski definition) is 3. The topological polar surface area (TPSA) is 58.6 Å². The van der Waals surface area contributed by atoms with E-state index in [0.29, 0.717) is 6.42 Å². The second-order valence-electron chi connectivity index (χ2n) is 5.42. The van der Waals surface area contributed by atoms with E-state index in [1.54, 1.807) is 12.1 Å². The van der Waals surface area contributed by atoms with Crippen LogP contribution < -0.4 is 5.32 Å². The molecule has 0 saturated carbocycles. The SMILES string of the molecule is CC(C)(C)NC(=O)O[C@@H](CO)Cc1ccc(F)cc1. The number of hydrogen-bond donors (Lipinski definition) is 2. The summed E-state index contributed by atoms with van der Waals surface area (Å²) >= 11 is 0. The molecule has 4 nitrogen and oxygen atoms in total. The Kier molecular flexibility index (Phi) is 5.30. The van der Waals surface area contributed by atoms with E-state index in [4.69, 9.17) is 4.74 Å². The van der Waals surface area contributed by atoms with Crippen molar-refractivity contribution in [3.63, 3.8) is 0 Å². The molecule has 0 fully saturated rings. The lowest BCUT2D eigenvalue weighted by molar-refractivity contribution is 0.0538. The molecule has 0 bridgehead atoms. The quantitative estimate of drug-likeness (QED) is 0.881. The van der Waals surface area contributed by atoms with Gasteiger partial charge in [0.2, 0.25) is 0 Å². The van der Waals surface area contributed by atoms with Crippen molar-refractivity contribution in [1.29, 1.82) is 0 Å². The number of aliphatic hydroxyl groups is 1. The standard InChI is InChI=1S/C14H20FNO3/c1-14(2,3)16-13(18)19-12(9-17)8-10-4-6-11(15)7-5-10/h4-7,12,17H,8-9H2,1-3H3,(H,16,18)/t12-/m1/s1. The van der Waals surface area contributed by atoms with Crippen LogP contribution in [0, 0.1) is 5.82 Å². The maximum absolute atomic E-state index is 12.8. The number of rotatable bonds is 4. The summed E-state index contributed by atoms with van der Waals surface area (Å²) in [7, 11) is 0. The van der Waals surface area contributed by atoms with Gasteiger partial charge in [-0.05, 0) is 38.5 Å². The Bertz CT molecular complexity index is 412. The molecule has 0 saturated heterocycles. The zero-order valence-corrected chi connectivity index (χ0v) is 11.4. The zero-order valence-electron chi connectivity index (χ0n) is 11.4. The van der Waals surface area contributed by atoms with Crippen molar-refractivity contribution in [2.24, 2.45) is 0 Å². The number of benzene rings is 1. The summed E-state index contributed by atoms with van der Waals surface area (Å²) < 4.78 is 17.9. The number of alkyl carbamates (subject to hydrolysis) is 1. The second-order valence-corrected chi connectivity index (χ2v) is 5.42. The first-order valence-electron chi connectivity index (χ1n) is 6.14. The highest BCUT2D eigenvalue weighted by molar-refractivity contribution is 5.68. The van der Waals surface area contributed by atoms with Crippen LogP contribution in [0.1, 0.15) is 26.3 Å². The van der Waals surface area contributed by atoms with E-state index in [-0.39, 0.29) is 12.4 Å². The van der Waals surface area contributed by atoms with Gasteiger partial charge in [-0.3, -0.25) is 0 Å². The molecular weight excluding hydrogens is 249 g/mol. The molecule has 0 heterocycles. The Morgan fingerprint density at radius 2 is 1.95 bits per heavy atom. The van der Waals surface area contributed by atoms with Crippen LogP contribution in [0.4, 0.5) is 9.18 Å². The predicted molar refractivity (Wildman–Crippen MR) is 70.3 cm³/mol. The fraction of sp³-hybridized carbons (Fsp3) is 0.500. The molecule has 0 aliphatic carbocycles. The van der Waals surface area contributed by atoms with Gasteiger partial charge in [0.1, 0.15) is 11.9 Å². The normalized spacial score (nSPS) is 12.9. The lowest BCUT2D eigenvalue weighted by atomic mass is 10.1. The van der Waals surface area contributed by atoms with E-state index in [9.17, 15) is 14.3 Å². The van der Waals surface area contributed by atoms with Crippen LogP contribution in [0.2, 0.25) is 0 Å². The summed E-state index contributed by atoms with van der Waals surface area (Å²) in [4.78, 5) is 11.6. The molecule has 2 N–H and O–H groups in total. The van der Waals surface area contributed by atoms with E-state index in [2.05, 4.69) is 5.32 Å². The van der Waals surface area contributed by atoms with E-state index >= 15 is 0 Å². The molecule has 0 aromatic heterocycles. The Morgan fingerprint density at radius 3 is 2.42 bits per heavy atom. The smallest absolute Gasteiger partial charge is 0.407 e. The fourth-order valence-corrected chi connectivity index (χ4v) is 1.51. The third kappa shape index (κ3) is 6.20. The van der Waals surface area contributed by atoms with Gasteiger partial charge in [0.25, 0.3) is 0 Å². The van der Waals surface area contributed by atoms with Gasteiger partial charge in [-0.25, -0.2) is 9.18 Å². The molecule has 1 rings (SSSR count). The lowest BCUT2D eigenvalue weighted by Crippen LogP contribution is -2.43. The van der Waals surface area contributed by atoms with Crippen LogP contribution >= 0.6 is 0 Å².